The molecule has 3 fully saturated rings. The minimum Gasteiger partial charge on any atom is -0.370 e. The number of nitriles is 1. The fourth-order valence-corrected chi connectivity index (χ4v) is 12.1. The molecule has 4 rings (SSSR count). The number of carbonyl (C=O) groups excluding carboxylic acids is 3. The average Bonchev–Trinajstić information content (AvgIpc) is 3.98. The molecule has 6 N–H and O–H groups in total. The number of aryl methyl sites for hydroxylation is 1. The first kappa shape index (κ1) is 55.6. The zero-order chi connectivity index (χ0) is 47.7. The SMILES string of the molecule is CCC1OC(n2cc(C)c(NCCCCCNC(=O)CCCCCNC(=O)CCCCCNCCCCCC3SCC4NC(=O)NC43)nc2=O)CC1OP(OCCC#N)N(C(C)C)C(C)C. The van der Waals surface area contributed by atoms with Gasteiger partial charge in [-0.2, -0.15) is 22.0 Å². The van der Waals surface area contributed by atoms with Crippen molar-refractivity contribution in [2.24, 2.45) is 0 Å². The van der Waals surface area contributed by atoms with Crippen molar-refractivity contribution in [2.75, 3.05) is 50.4 Å². The minimum atomic E-state index is -1.44. The molecule has 7 unspecified atom stereocenters. The Bertz CT molecular complexity index is 1690. The van der Waals surface area contributed by atoms with Gasteiger partial charge >= 0.3 is 11.7 Å². The molecule has 3 saturated heterocycles. The van der Waals surface area contributed by atoms with Gasteiger partial charge in [0.15, 0.2) is 0 Å². The number of amides is 4. The van der Waals surface area contributed by atoms with Gasteiger partial charge in [0.05, 0.1) is 43.4 Å². The van der Waals surface area contributed by atoms with Crippen molar-refractivity contribution in [3.8, 4) is 6.07 Å². The van der Waals surface area contributed by atoms with Crippen LogP contribution in [0.3, 0.4) is 0 Å². The molecule has 4 amide bonds. The van der Waals surface area contributed by atoms with E-state index in [0.717, 1.165) is 82.2 Å². The summed E-state index contributed by atoms with van der Waals surface area (Å²) in [6, 6.07) is 3.10. The van der Waals surface area contributed by atoms with Crippen LogP contribution in [0.25, 0.3) is 0 Å². The molecule has 1 aromatic heterocycles. The zero-order valence-corrected chi connectivity index (χ0v) is 42.6. The van der Waals surface area contributed by atoms with Gasteiger partial charge in [-0.3, -0.25) is 14.2 Å². The van der Waals surface area contributed by atoms with Crippen LogP contribution in [0.5, 0.6) is 0 Å². The number of aromatic nitrogens is 2. The van der Waals surface area contributed by atoms with Gasteiger partial charge in [-0.25, -0.2) is 14.3 Å². The maximum absolute atomic E-state index is 13.3. The molecular formula is C47H83N10O7PS. The summed E-state index contributed by atoms with van der Waals surface area (Å²) in [6.07, 6.45) is 16.4. The minimum absolute atomic E-state index is 0.0108. The number of unbranched alkanes of at least 4 members (excludes halogenated alkanes) is 8. The molecule has 4 heterocycles. The number of anilines is 1. The van der Waals surface area contributed by atoms with Crippen molar-refractivity contribution in [2.45, 2.75) is 205 Å². The van der Waals surface area contributed by atoms with Crippen LogP contribution in [0.15, 0.2) is 11.0 Å². The number of hydrogen-bond donors (Lipinski definition) is 6. The second-order valence-electron chi connectivity index (χ2n) is 18.5. The van der Waals surface area contributed by atoms with E-state index in [-0.39, 0.29) is 54.2 Å². The quantitative estimate of drug-likeness (QED) is 0.0227. The van der Waals surface area contributed by atoms with E-state index in [4.69, 9.17) is 19.0 Å². The Kier molecular flexibility index (Phi) is 26.2. The van der Waals surface area contributed by atoms with Crippen LogP contribution in [0.4, 0.5) is 10.6 Å². The van der Waals surface area contributed by atoms with Gasteiger partial charge < -0.3 is 45.7 Å². The Hall–Kier alpha value is -3.04. The molecule has 0 saturated carbocycles. The van der Waals surface area contributed by atoms with E-state index in [1.165, 1.54) is 25.7 Å². The fraction of sp³-hybridized carbons (Fsp3) is 0.830. The highest BCUT2D eigenvalue weighted by Crippen LogP contribution is 2.50. The second-order valence-corrected chi connectivity index (χ2v) is 21.1. The van der Waals surface area contributed by atoms with E-state index >= 15 is 0 Å². The smallest absolute Gasteiger partial charge is 0.351 e. The molecule has 0 aliphatic carbocycles. The number of nitrogens with one attached hydrogen (secondary N) is 6. The summed E-state index contributed by atoms with van der Waals surface area (Å²) in [5.41, 5.74) is 0.465. The van der Waals surface area contributed by atoms with Crippen LogP contribution >= 0.6 is 20.3 Å². The topological polar surface area (TPSA) is 213 Å². The highest BCUT2D eigenvalue weighted by Gasteiger charge is 2.43. The Balaban J connectivity index is 0.961. The Labute approximate surface area is 400 Å². The lowest BCUT2D eigenvalue weighted by molar-refractivity contribution is -0.122. The first-order valence-corrected chi connectivity index (χ1v) is 27.3. The first-order valence-electron chi connectivity index (χ1n) is 25.1. The van der Waals surface area contributed by atoms with Gasteiger partial charge in [-0.05, 0) is 112 Å². The third kappa shape index (κ3) is 19.5. The highest BCUT2D eigenvalue weighted by atomic mass is 32.2. The summed E-state index contributed by atoms with van der Waals surface area (Å²) in [7, 11) is -1.44. The second kappa shape index (κ2) is 31.2. The Morgan fingerprint density at radius 1 is 0.924 bits per heavy atom. The van der Waals surface area contributed by atoms with E-state index in [0.29, 0.717) is 75.1 Å². The number of carbonyl (C=O) groups is 3. The lowest BCUT2D eigenvalue weighted by Crippen LogP contribution is -2.36. The first-order chi connectivity index (χ1) is 31.9. The number of ether oxygens (including phenoxy) is 1. The van der Waals surface area contributed by atoms with Crippen molar-refractivity contribution in [3.63, 3.8) is 0 Å². The van der Waals surface area contributed by atoms with Crippen LogP contribution in [-0.4, -0.2) is 119 Å². The lowest BCUT2D eigenvalue weighted by atomic mass is 10.0. The van der Waals surface area contributed by atoms with Gasteiger partial charge in [0.2, 0.25) is 11.8 Å². The lowest BCUT2D eigenvalue weighted by Gasteiger charge is -2.37. The van der Waals surface area contributed by atoms with Gasteiger partial charge in [0, 0.05) is 73.7 Å². The number of fused-ring (bicyclic) bond motifs is 1. The van der Waals surface area contributed by atoms with Gasteiger partial charge in [-0.15, -0.1) is 0 Å². The summed E-state index contributed by atoms with van der Waals surface area (Å²) in [5.74, 6) is 1.76. The predicted octanol–water partition coefficient (Wildman–Crippen LogP) is 7.16. The number of thioether (sulfide) groups is 1. The van der Waals surface area contributed by atoms with Crippen LogP contribution < -0.4 is 37.6 Å². The summed E-state index contributed by atoms with van der Waals surface area (Å²) >= 11 is 1.98. The Morgan fingerprint density at radius 2 is 1.55 bits per heavy atom. The van der Waals surface area contributed by atoms with Crippen LogP contribution in [-0.2, 0) is 23.4 Å². The molecule has 0 spiro atoms. The van der Waals surface area contributed by atoms with Crippen LogP contribution in [0.2, 0.25) is 0 Å². The largest absolute Gasteiger partial charge is 0.370 e. The molecule has 374 valence electrons. The van der Waals surface area contributed by atoms with Crippen molar-refractivity contribution in [3.05, 3.63) is 22.2 Å². The molecule has 0 aromatic carbocycles. The molecular weight excluding hydrogens is 880 g/mol. The summed E-state index contributed by atoms with van der Waals surface area (Å²) < 4.78 is 22.9. The molecule has 3 aliphatic rings. The monoisotopic (exact) mass is 963 g/mol. The van der Waals surface area contributed by atoms with Crippen LogP contribution in [0.1, 0.15) is 162 Å². The van der Waals surface area contributed by atoms with Crippen molar-refractivity contribution in [1.82, 2.24) is 40.8 Å². The van der Waals surface area contributed by atoms with Crippen molar-refractivity contribution in [1.29, 1.82) is 5.26 Å². The molecule has 19 heteroatoms. The van der Waals surface area contributed by atoms with E-state index in [9.17, 15) is 19.2 Å². The zero-order valence-electron chi connectivity index (χ0n) is 40.9. The molecule has 17 nitrogen and oxygen atoms in total. The summed E-state index contributed by atoms with van der Waals surface area (Å²) in [4.78, 5) is 53.7. The molecule has 0 bridgehead atoms. The molecule has 3 aliphatic heterocycles. The Morgan fingerprint density at radius 3 is 2.18 bits per heavy atom. The van der Waals surface area contributed by atoms with E-state index in [1.54, 1.807) is 10.8 Å². The van der Waals surface area contributed by atoms with E-state index in [1.807, 2.05) is 25.6 Å². The maximum atomic E-state index is 13.3. The number of hydrogen-bond acceptors (Lipinski definition) is 13. The highest BCUT2D eigenvalue weighted by molar-refractivity contribution is 8.00. The van der Waals surface area contributed by atoms with Crippen molar-refractivity contribution < 1.29 is 28.2 Å². The third-order valence-electron chi connectivity index (χ3n) is 12.3. The van der Waals surface area contributed by atoms with E-state index < -0.39 is 14.8 Å². The predicted molar refractivity (Wildman–Crippen MR) is 264 cm³/mol. The molecule has 66 heavy (non-hydrogen) atoms. The molecule has 1 aromatic rings. The average molecular weight is 963 g/mol. The van der Waals surface area contributed by atoms with Gasteiger partial charge in [0.1, 0.15) is 12.0 Å². The summed E-state index contributed by atoms with van der Waals surface area (Å²) in [5, 5.41) is 28.6. The number of urea groups is 1. The number of rotatable bonds is 35. The maximum Gasteiger partial charge on any atom is 0.351 e. The van der Waals surface area contributed by atoms with Crippen molar-refractivity contribution >= 4 is 44.0 Å². The molecule has 7 atom stereocenters. The molecule has 0 radical (unpaired) electrons. The van der Waals surface area contributed by atoms with E-state index in [2.05, 4.69) is 75.3 Å². The third-order valence-corrected chi connectivity index (χ3v) is 16.0. The van der Waals surface area contributed by atoms with Gasteiger partial charge in [0.25, 0.3) is 8.53 Å². The van der Waals surface area contributed by atoms with Crippen LogP contribution in [0, 0.1) is 18.3 Å². The van der Waals surface area contributed by atoms with Gasteiger partial charge in [-0.1, -0.05) is 32.6 Å². The summed E-state index contributed by atoms with van der Waals surface area (Å²) in [6.45, 7) is 16.7. The number of nitrogens with zero attached hydrogens (tertiary/aromatic N) is 4. The fourth-order valence-electron chi connectivity index (χ4n) is 8.81. The normalized spacial score (nSPS) is 21.8. The standard InChI is InChI=1S/C47H83N10O7PS/c1-7-38-39(64-65(62-30-20-24-48)57(34(2)3)35(4)5)31-43(63-38)56-32-36(6)45(55-47(56)61)52-29-19-11-18-28-51-42(59)23-14-10-17-27-50-41(58)22-13-9-16-26-49-25-15-8-12-21-40-44-37(33-66-40)53-46(60)54-44/h32,34-35,37-40,43-44,49H,7-23,25-31,33H2,1-6H3,(H,50,58)(H,51,59)(H,52,55,61)(H2,53,54,60).